The van der Waals surface area contributed by atoms with Crippen LogP contribution in [0.1, 0.15) is 30.5 Å². The van der Waals surface area contributed by atoms with Crippen LogP contribution in [-0.2, 0) is 4.79 Å². The number of carbonyl (C=O) groups excluding carboxylic acids is 1. The van der Waals surface area contributed by atoms with Crippen molar-refractivity contribution in [3.8, 4) is 11.5 Å². The minimum atomic E-state index is -0.0949. The molecule has 0 radical (unpaired) electrons. The number of aromatic nitrogens is 1. The van der Waals surface area contributed by atoms with Crippen molar-refractivity contribution in [1.29, 1.82) is 0 Å². The van der Waals surface area contributed by atoms with Gasteiger partial charge in [0.05, 0.1) is 11.7 Å². The van der Waals surface area contributed by atoms with Gasteiger partial charge in [-0.25, -0.2) is 4.98 Å². The second-order valence-corrected chi connectivity index (χ2v) is 5.82. The molecule has 1 amide bonds. The lowest BCUT2D eigenvalue weighted by Crippen LogP contribution is -2.43. The van der Waals surface area contributed by atoms with Crippen molar-refractivity contribution in [2.45, 2.75) is 39.2 Å². The summed E-state index contributed by atoms with van der Waals surface area (Å²) in [7, 11) is 0. The van der Waals surface area contributed by atoms with Crippen LogP contribution in [0, 0.1) is 13.8 Å². The molecule has 1 aromatic heterocycles. The van der Waals surface area contributed by atoms with E-state index < -0.39 is 0 Å². The molecular weight excluding hydrogens is 278 g/mol. The SMILES string of the molecule is Cc1coc(-c2cc(NC(=O)C3CCCCN3)ccc2C)n1. The summed E-state index contributed by atoms with van der Waals surface area (Å²) in [6.07, 6.45) is 4.76. The predicted molar refractivity (Wildman–Crippen MR) is 85.7 cm³/mol. The summed E-state index contributed by atoms with van der Waals surface area (Å²) in [5.74, 6) is 0.611. The quantitative estimate of drug-likeness (QED) is 0.914. The fraction of sp³-hybridized carbons (Fsp3) is 0.412. The number of nitrogens with zero attached hydrogens (tertiary/aromatic N) is 1. The van der Waals surface area contributed by atoms with Crippen molar-refractivity contribution >= 4 is 11.6 Å². The van der Waals surface area contributed by atoms with Gasteiger partial charge in [0, 0.05) is 11.3 Å². The molecule has 1 atom stereocenters. The van der Waals surface area contributed by atoms with Crippen LogP contribution in [0.3, 0.4) is 0 Å². The van der Waals surface area contributed by atoms with Gasteiger partial charge in [0.25, 0.3) is 0 Å². The molecule has 0 saturated carbocycles. The zero-order chi connectivity index (χ0) is 15.5. The third kappa shape index (κ3) is 3.20. The number of nitrogens with one attached hydrogen (secondary N) is 2. The number of amides is 1. The zero-order valence-corrected chi connectivity index (χ0v) is 13.0. The highest BCUT2D eigenvalue weighted by Crippen LogP contribution is 2.26. The first kappa shape index (κ1) is 14.8. The second kappa shape index (κ2) is 6.32. The lowest BCUT2D eigenvalue weighted by atomic mass is 10.0. The van der Waals surface area contributed by atoms with Gasteiger partial charge in [-0.3, -0.25) is 4.79 Å². The number of anilines is 1. The van der Waals surface area contributed by atoms with E-state index in [1.54, 1.807) is 6.26 Å². The van der Waals surface area contributed by atoms with Gasteiger partial charge >= 0.3 is 0 Å². The van der Waals surface area contributed by atoms with E-state index in [4.69, 9.17) is 4.42 Å². The normalized spacial score (nSPS) is 18.2. The van der Waals surface area contributed by atoms with E-state index in [1.165, 1.54) is 0 Å². The summed E-state index contributed by atoms with van der Waals surface area (Å²) < 4.78 is 5.47. The van der Waals surface area contributed by atoms with Crippen LogP contribution in [0.5, 0.6) is 0 Å². The smallest absolute Gasteiger partial charge is 0.241 e. The maximum Gasteiger partial charge on any atom is 0.241 e. The van der Waals surface area contributed by atoms with Gasteiger partial charge < -0.3 is 15.1 Å². The Labute approximate surface area is 130 Å². The molecule has 3 rings (SSSR count). The molecule has 1 aliphatic rings. The molecule has 5 heteroatoms. The van der Waals surface area contributed by atoms with Gasteiger partial charge in [0.1, 0.15) is 6.26 Å². The molecular formula is C17H21N3O2. The van der Waals surface area contributed by atoms with E-state index in [9.17, 15) is 4.79 Å². The summed E-state index contributed by atoms with van der Waals surface area (Å²) in [6, 6.07) is 5.71. The maximum absolute atomic E-state index is 12.3. The van der Waals surface area contributed by atoms with E-state index in [0.717, 1.165) is 48.3 Å². The van der Waals surface area contributed by atoms with Crippen molar-refractivity contribution in [3.63, 3.8) is 0 Å². The first-order valence-corrected chi connectivity index (χ1v) is 7.71. The van der Waals surface area contributed by atoms with E-state index in [-0.39, 0.29) is 11.9 Å². The molecule has 0 bridgehead atoms. The molecule has 1 saturated heterocycles. The summed E-state index contributed by atoms with van der Waals surface area (Å²) in [6.45, 7) is 4.80. The van der Waals surface area contributed by atoms with Crippen LogP contribution < -0.4 is 10.6 Å². The summed E-state index contributed by atoms with van der Waals surface area (Å²) in [5, 5.41) is 6.24. The highest BCUT2D eigenvalue weighted by atomic mass is 16.3. The van der Waals surface area contributed by atoms with E-state index in [0.29, 0.717) is 5.89 Å². The van der Waals surface area contributed by atoms with E-state index in [2.05, 4.69) is 15.6 Å². The minimum absolute atomic E-state index is 0.0260. The number of hydrogen-bond donors (Lipinski definition) is 2. The summed E-state index contributed by atoms with van der Waals surface area (Å²) in [5.41, 5.74) is 3.59. The van der Waals surface area contributed by atoms with Gasteiger partial charge in [-0.15, -0.1) is 0 Å². The van der Waals surface area contributed by atoms with Crippen LogP contribution >= 0.6 is 0 Å². The average Bonchev–Trinajstić information content (AvgIpc) is 2.96. The Kier molecular flexibility index (Phi) is 4.24. The molecule has 2 N–H and O–H groups in total. The highest BCUT2D eigenvalue weighted by Gasteiger charge is 2.20. The Hall–Kier alpha value is -2.14. The monoisotopic (exact) mass is 299 g/mol. The maximum atomic E-state index is 12.3. The van der Waals surface area contributed by atoms with Crippen LogP contribution in [0.2, 0.25) is 0 Å². The Morgan fingerprint density at radius 1 is 1.36 bits per heavy atom. The molecule has 1 unspecified atom stereocenters. The van der Waals surface area contributed by atoms with Crippen LogP contribution in [0.15, 0.2) is 28.9 Å². The Morgan fingerprint density at radius 2 is 2.23 bits per heavy atom. The third-order valence-corrected chi connectivity index (χ3v) is 3.98. The number of oxazole rings is 1. The molecule has 0 spiro atoms. The highest BCUT2D eigenvalue weighted by molar-refractivity contribution is 5.95. The molecule has 5 nitrogen and oxygen atoms in total. The lowest BCUT2D eigenvalue weighted by molar-refractivity contribution is -0.118. The standard InChI is InChI=1S/C17H21N3O2/c1-11-6-7-13(9-14(11)17-19-12(2)10-22-17)20-16(21)15-5-3-4-8-18-15/h6-7,9-10,15,18H,3-5,8H2,1-2H3,(H,20,21). The van der Waals surface area contributed by atoms with Crippen molar-refractivity contribution in [3.05, 3.63) is 35.7 Å². The topological polar surface area (TPSA) is 67.2 Å². The average molecular weight is 299 g/mol. The number of piperidine rings is 1. The van der Waals surface area contributed by atoms with Crippen molar-refractivity contribution in [2.75, 3.05) is 11.9 Å². The number of carbonyl (C=O) groups is 1. The molecule has 0 aliphatic carbocycles. The second-order valence-electron chi connectivity index (χ2n) is 5.82. The van der Waals surface area contributed by atoms with Crippen LogP contribution in [0.25, 0.3) is 11.5 Å². The number of aryl methyl sites for hydroxylation is 2. The first-order chi connectivity index (χ1) is 10.6. The molecule has 1 aromatic carbocycles. The number of hydrogen-bond acceptors (Lipinski definition) is 4. The number of rotatable bonds is 3. The summed E-state index contributed by atoms with van der Waals surface area (Å²) >= 11 is 0. The van der Waals surface area contributed by atoms with Gasteiger partial charge in [0.15, 0.2) is 0 Å². The summed E-state index contributed by atoms with van der Waals surface area (Å²) in [4.78, 5) is 16.7. The zero-order valence-electron chi connectivity index (χ0n) is 13.0. The predicted octanol–water partition coefficient (Wildman–Crippen LogP) is 3.04. The Bertz CT molecular complexity index is 672. The van der Waals surface area contributed by atoms with Gasteiger partial charge in [0.2, 0.25) is 11.8 Å². The van der Waals surface area contributed by atoms with Crippen molar-refractivity contribution in [2.24, 2.45) is 0 Å². The molecule has 2 aromatic rings. The lowest BCUT2D eigenvalue weighted by Gasteiger charge is -2.22. The van der Waals surface area contributed by atoms with Crippen molar-refractivity contribution in [1.82, 2.24) is 10.3 Å². The molecule has 1 fully saturated rings. The first-order valence-electron chi connectivity index (χ1n) is 7.71. The van der Waals surface area contributed by atoms with Gasteiger partial charge in [-0.05, 0) is 50.9 Å². The largest absolute Gasteiger partial charge is 0.444 e. The van der Waals surface area contributed by atoms with E-state index >= 15 is 0 Å². The number of benzene rings is 1. The Morgan fingerprint density at radius 3 is 2.91 bits per heavy atom. The molecule has 116 valence electrons. The van der Waals surface area contributed by atoms with Gasteiger partial charge in [-0.1, -0.05) is 12.5 Å². The minimum Gasteiger partial charge on any atom is -0.444 e. The van der Waals surface area contributed by atoms with Crippen LogP contribution in [0.4, 0.5) is 5.69 Å². The van der Waals surface area contributed by atoms with Gasteiger partial charge in [-0.2, -0.15) is 0 Å². The molecule has 22 heavy (non-hydrogen) atoms. The molecule has 2 heterocycles. The van der Waals surface area contributed by atoms with E-state index in [1.807, 2.05) is 32.0 Å². The van der Waals surface area contributed by atoms with Crippen molar-refractivity contribution < 1.29 is 9.21 Å². The fourth-order valence-corrected chi connectivity index (χ4v) is 2.71. The third-order valence-electron chi connectivity index (χ3n) is 3.98. The molecule has 1 aliphatic heterocycles. The fourth-order valence-electron chi connectivity index (χ4n) is 2.71. The Balaban J connectivity index is 1.78. The van der Waals surface area contributed by atoms with Crippen LogP contribution in [-0.4, -0.2) is 23.5 Å².